The molecule has 0 aliphatic rings. The molecule has 0 radical (unpaired) electrons. The van der Waals surface area contributed by atoms with Gasteiger partial charge in [0, 0.05) is 19.0 Å². The Labute approximate surface area is 184 Å². The fourth-order valence-corrected chi connectivity index (χ4v) is 4.42. The number of para-hydroxylation sites is 1. The minimum Gasteiger partial charge on any atom is -0.497 e. The van der Waals surface area contributed by atoms with Crippen LogP contribution in [0.15, 0.2) is 82.4 Å². The summed E-state index contributed by atoms with van der Waals surface area (Å²) in [6, 6.07) is 17.5. The molecular weight excluding hydrogens is 408 g/mol. The largest absolute Gasteiger partial charge is 0.497 e. The SMILES string of the molecule is C=CCn1c(-c2ccc(OC)cc2)csc1=Nc1c(C)n(C)n(-c2ccccc2)c1=O. The lowest BCUT2D eigenvalue weighted by Crippen LogP contribution is -2.20. The first-order valence-corrected chi connectivity index (χ1v) is 10.8. The zero-order valence-electron chi connectivity index (χ0n) is 17.8. The molecule has 2 aromatic heterocycles. The van der Waals surface area contributed by atoms with Gasteiger partial charge in [0.1, 0.15) is 5.75 Å². The Hall–Kier alpha value is -3.58. The van der Waals surface area contributed by atoms with Gasteiger partial charge in [-0.3, -0.25) is 9.48 Å². The van der Waals surface area contributed by atoms with Gasteiger partial charge in [-0.25, -0.2) is 9.67 Å². The summed E-state index contributed by atoms with van der Waals surface area (Å²) in [5, 5.41) is 2.05. The number of nitrogens with zero attached hydrogens (tertiary/aromatic N) is 4. The fourth-order valence-electron chi connectivity index (χ4n) is 3.50. The van der Waals surface area contributed by atoms with E-state index in [0.29, 0.717) is 12.2 Å². The van der Waals surface area contributed by atoms with E-state index in [1.54, 1.807) is 11.8 Å². The van der Waals surface area contributed by atoms with Crippen molar-refractivity contribution in [3.63, 3.8) is 0 Å². The van der Waals surface area contributed by atoms with Gasteiger partial charge in [-0.05, 0) is 48.9 Å². The van der Waals surface area contributed by atoms with Crippen LogP contribution in [0.2, 0.25) is 0 Å². The molecule has 0 N–H and O–H groups in total. The summed E-state index contributed by atoms with van der Waals surface area (Å²) < 4.78 is 10.8. The molecule has 4 aromatic rings. The van der Waals surface area contributed by atoms with Gasteiger partial charge in [0.15, 0.2) is 10.5 Å². The van der Waals surface area contributed by atoms with Crippen LogP contribution in [-0.4, -0.2) is 21.0 Å². The van der Waals surface area contributed by atoms with Crippen molar-refractivity contribution < 1.29 is 4.74 Å². The molecule has 158 valence electrons. The van der Waals surface area contributed by atoms with Crippen molar-refractivity contribution in [1.82, 2.24) is 13.9 Å². The summed E-state index contributed by atoms with van der Waals surface area (Å²) >= 11 is 1.50. The van der Waals surface area contributed by atoms with Crippen LogP contribution < -0.4 is 15.1 Å². The second-order valence-electron chi connectivity index (χ2n) is 7.05. The number of thiazole rings is 1. The molecule has 0 spiro atoms. The molecule has 0 amide bonds. The number of hydrogen-bond acceptors (Lipinski definition) is 4. The average molecular weight is 433 g/mol. The highest BCUT2D eigenvalue weighted by Gasteiger charge is 2.16. The van der Waals surface area contributed by atoms with Gasteiger partial charge in [0.05, 0.1) is 24.2 Å². The first kappa shape index (κ1) is 20.7. The molecule has 2 aromatic carbocycles. The van der Waals surface area contributed by atoms with Gasteiger partial charge in [-0.1, -0.05) is 24.3 Å². The van der Waals surface area contributed by atoms with Gasteiger partial charge < -0.3 is 9.30 Å². The lowest BCUT2D eigenvalue weighted by atomic mass is 10.1. The fraction of sp³-hybridized carbons (Fsp3) is 0.167. The van der Waals surface area contributed by atoms with Crippen LogP contribution in [-0.2, 0) is 13.6 Å². The third-order valence-electron chi connectivity index (χ3n) is 5.23. The van der Waals surface area contributed by atoms with Crippen molar-refractivity contribution >= 4 is 17.0 Å². The second kappa shape index (κ2) is 8.65. The molecule has 4 rings (SSSR count). The molecule has 0 bridgehead atoms. The smallest absolute Gasteiger partial charge is 0.297 e. The van der Waals surface area contributed by atoms with E-state index in [9.17, 15) is 4.79 Å². The third kappa shape index (κ3) is 3.80. The van der Waals surface area contributed by atoms with Crippen LogP contribution in [0.1, 0.15) is 5.69 Å². The molecule has 0 saturated heterocycles. The minimum atomic E-state index is -0.143. The molecule has 0 saturated carbocycles. The van der Waals surface area contributed by atoms with Gasteiger partial charge in [-0.15, -0.1) is 17.9 Å². The molecular formula is C24H24N4O2S. The number of hydrogen-bond donors (Lipinski definition) is 0. The number of aromatic nitrogens is 3. The quantitative estimate of drug-likeness (QED) is 0.423. The maximum Gasteiger partial charge on any atom is 0.297 e. The second-order valence-corrected chi connectivity index (χ2v) is 7.89. The summed E-state index contributed by atoms with van der Waals surface area (Å²) in [5.74, 6) is 0.806. The van der Waals surface area contributed by atoms with Crippen molar-refractivity contribution in [2.24, 2.45) is 12.0 Å². The predicted octanol–water partition coefficient (Wildman–Crippen LogP) is 4.44. The molecule has 0 unspecified atom stereocenters. The molecule has 2 heterocycles. The first-order chi connectivity index (χ1) is 15.0. The van der Waals surface area contributed by atoms with E-state index in [0.717, 1.165) is 33.2 Å². The zero-order chi connectivity index (χ0) is 22.0. The van der Waals surface area contributed by atoms with Gasteiger partial charge in [-0.2, -0.15) is 0 Å². The van der Waals surface area contributed by atoms with Gasteiger partial charge in [0.2, 0.25) is 0 Å². The Morgan fingerprint density at radius 3 is 2.48 bits per heavy atom. The topological polar surface area (TPSA) is 53.4 Å². The van der Waals surface area contributed by atoms with E-state index >= 15 is 0 Å². The molecule has 0 atom stereocenters. The normalized spacial score (nSPS) is 11.6. The summed E-state index contributed by atoms with van der Waals surface area (Å²) in [7, 11) is 3.52. The average Bonchev–Trinajstić information content (AvgIpc) is 3.28. The molecule has 0 aliphatic heterocycles. The molecule has 7 heteroatoms. The third-order valence-corrected chi connectivity index (χ3v) is 6.09. The van der Waals surface area contributed by atoms with E-state index in [1.165, 1.54) is 11.3 Å². The van der Waals surface area contributed by atoms with Crippen molar-refractivity contribution in [2.75, 3.05) is 7.11 Å². The molecule has 0 fully saturated rings. The maximum absolute atomic E-state index is 13.2. The van der Waals surface area contributed by atoms with Crippen LogP contribution in [0, 0.1) is 6.92 Å². The van der Waals surface area contributed by atoms with Crippen LogP contribution in [0.3, 0.4) is 0 Å². The lowest BCUT2D eigenvalue weighted by molar-refractivity contribution is 0.415. The van der Waals surface area contributed by atoms with Crippen LogP contribution in [0.5, 0.6) is 5.75 Å². The van der Waals surface area contributed by atoms with Crippen molar-refractivity contribution in [3.8, 4) is 22.7 Å². The highest BCUT2D eigenvalue weighted by Crippen LogP contribution is 2.24. The summed E-state index contributed by atoms with van der Waals surface area (Å²) in [6.45, 7) is 6.39. The van der Waals surface area contributed by atoms with Gasteiger partial charge >= 0.3 is 0 Å². The number of allylic oxidation sites excluding steroid dienone is 1. The van der Waals surface area contributed by atoms with Crippen molar-refractivity contribution in [3.05, 3.63) is 93.5 Å². The zero-order valence-corrected chi connectivity index (χ0v) is 18.6. The highest BCUT2D eigenvalue weighted by molar-refractivity contribution is 7.07. The Bertz CT molecular complexity index is 1340. The lowest BCUT2D eigenvalue weighted by Gasteiger charge is -2.07. The summed E-state index contributed by atoms with van der Waals surface area (Å²) in [6.07, 6.45) is 1.83. The molecule has 6 nitrogen and oxygen atoms in total. The Balaban J connectivity index is 1.87. The van der Waals surface area contributed by atoms with E-state index in [-0.39, 0.29) is 5.56 Å². The van der Waals surface area contributed by atoms with Crippen molar-refractivity contribution in [1.29, 1.82) is 0 Å². The van der Waals surface area contributed by atoms with E-state index in [2.05, 4.69) is 16.5 Å². The van der Waals surface area contributed by atoms with E-state index in [1.807, 2.05) is 79.3 Å². The Kier molecular flexibility index (Phi) is 5.77. The first-order valence-electron chi connectivity index (χ1n) is 9.87. The summed E-state index contributed by atoms with van der Waals surface area (Å²) in [5.41, 5.74) is 3.97. The molecule has 0 aliphatic carbocycles. The number of rotatable bonds is 6. The molecule has 31 heavy (non-hydrogen) atoms. The highest BCUT2D eigenvalue weighted by atomic mass is 32.1. The number of benzene rings is 2. The van der Waals surface area contributed by atoms with Crippen LogP contribution in [0.25, 0.3) is 16.9 Å². The maximum atomic E-state index is 13.2. The monoisotopic (exact) mass is 432 g/mol. The Morgan fingerprint density at radius 2 is 1.84 bits per heavy atom. The number of methoxy groups -OCH3 is 1. The van der Waals surface area contributed by atoms with Crippen molar-refractivity contribution in [2.45, 2.75) is 13.5 Å². The van der Waals surface area contributed by atoms with Crippen LogP contribution >= 0.6 is 11.3 Å². The summed E-state index contributed by atoms with van der Waals surface area (Å²) in [4.78, 5) is 18.8. The Morgan fingerprint density at radius 1 is 1.13 bits per heavy atom. The van der Waals surface area contributed by atoms with E-state index < -0.39 is 0 Å². The standard InChI is InChI=1S/C24H24N4O2S/c1-5-15-27-21(18-11-13-20(30-4)14-12-18)16-31-24(27)25-22-17(2)26(3)28(23(22)29)19-9-7-6-8-10-19/h5-14,16H,1,15H2,2-4H3. The van der Waals surface area contributed by atoms with Gasteiger partial charge in [0.25, 0.3) is 5.56 Å². The van der Waals surface area contributed by atoms with Crippen LogP contribution in [0.4, 0.5) is 5.69 Å². The minimum absolute atomic E-state index is 0.143. The van der Waals surface area contributed by atoms with E-state index in [4.69, 9.17) is 9.73 Å². The predicted molar refractivity (Wildman–Crippen MR) is 125 cm³/mol. The number of ether oxygens (including phenoxy) is 1.